The average Bonchev–Trinajstić information content (AvgIpc) is 2.51. The first-order chi connectivity index (χ1) is 9.75. The van der Waals surface area contributed by atoms with Gasteiger partial charge in [0.1, 0.15) is 5.82 Å². The van der Waals surface area contributed by atoms with Gasteiger partial charge in [-0.3, -0.25) is 0 Å². The summed E-state index contributed by atoms with van der Waals surface area (Å²) in [6.45, 7) is 4.63. The topological polar surface area (TPSA) is 15.3 Å². The minimum absolute atomic E-state index is 0.139. The largest absolute Gasteiger partial charge is 0.362 e. The maximum absolute atomic E-state index is 13.5. The molecule has 0 aromatic heterocycles. The van der Waals surface area contributed by atoms with E-state index in [1.165, 1.54) is 5.56 Å². The van der Waals surface area contributed by atoms with Crippen molar-refractivity contribution < 1.29 is 4.39 Å². The van der Waals surface area contributed by atoms with E-state index in [9.17, 15) is 4.39 Å². The molecular weight excluding hydrogens is 251 g/mol. The molecule has 0 spiro atoms. The third kappa shape index (κ3) is 2.54. The molecule has 0 aliphatic carbocycles. The molecule has 0 bridgehead atoms. The molecule has 1 N–H and O–H groups in total. The fourth-order valence-corrected chi connectivity index (χ4v) is 2.79. The van der Waals surface area contributed by atoms with E-state index in [0.29, 0.717) is 11.6 Å². The first-order valence-corrected chi connectivity index (χ1v) is 7.04. The molecule has 0 amide bonds. The molecule has 1 aliphatic rings. The fourth-order valence-electron chi connectivity index (χ4n) is 2.79. The Balaban J connectivity index is 1.94. The molecule has 2 aromatic carbocycles. The fraction of sp³-hybridized carbons (Fsp3) is 0.294. The Morgan fingerprint density at radius 3 is 2.70 bits per heavy atom. The molecule has 3 rings (SSSR count). The monoisotopic (exact) mass is 270 g/mol. The lowest BCUT2D eigenvalue weighted by Gasteiger charge is -2.38. The van der Waals surface area contributed by atoms with Crippen LogP contribution in [0, 0.1) is 12.7 Å². The molecule has 3 heteroatoms. The summed E-state index contributed by atoms with van der Waals surface area (Å²) in [5.41, 5.74) is 3.09. The summed E-state index contributed by atoms with van der Waals surface area (Å²) in [6, 6.07) is 16.2. The lowest BCUT2D eigenvalue weighted by atomic mass is 10.0. The smallest absolute Gasteiger partial charge is 0.126 e. The highest BCUT2D eigenvalue weighted by molar-refractivity contribution is 5.51. The molecule has 0 radical (unpaired) electrons. The summed E-state index contributed by atoms with van der Waals surface area (Å²) in [5, 5.41) is 3.44. The highest BCUT2D eigenvalue weighted by Gasteiger charge is 2.24. The van der Waals surface area contributed by atoms with Crippen molar-refractivity contribution in [3.63, 3.8) is 0 Å². The molecule has 1 heterocycles. The molecule has 1 aliphatic heterocycles. The van der Waals surface area contributed by atoms with Gasteiger partial charge in [-0.1, -0.05) is 30.3 Å². The van der Waals surface area contributed by atoms with Crippen molar-refractivity contribution in [1.82, 2.24) is 5.32 Å². The third-order valence-corrected chi connectivity index (χ3v) is 3.90. The number of hydrogen-bond donors (Lipinski definition) is 1. The van der Waals surface area contributed by atoms with Crippen LogP contribution in [-0.2, 0) is 0 Å². The maximum Gasteiger partial charge on any atom is 0.126 e. The Morgan fingerprint density at radius 1 is 1.15 bits per heavy atom. The average molecular weight is 270 g/mol. The third-order valence-electron chi connectivity index (χ3n) is 3.90. The molecule has 1 unspecified atom stereocenters. The van der Waals surface area contributed by atoms with E-state index in [1.807, 2.05) is 25.1 Å². The van der Waals surface area contributed by atoms with Crippen LogP contribution in [0.25, 0.3) is 0 Å². The van der Waals surface area contributed by atoms with Crippen molar-refractivity contribution >= 4 is 5.69 Å². The number of rotatable bonds is 2. The molecule has 2 nitrogen and oxygen atoms in total. The van der Waals surface area contributed by atoms with Gasteiger partial charge in [-0.2, -0.15) is 0 Å². The number of nitrogens with zero attached hydrogens (tertiary/aromatic N) is 1. The number of nitrogens with one attached hydrogen (secondary N) is 1. The van der Waals surface area contributed by atoms with Gasteiger partial charge in [0, 0.05) is 25.3 Å². The summed E-state index contributed by atoms with van der Waals surface area (Å²) in [5.74, 6) is -0.139. The second kappa shape index (κ2) is 5.63. The molecule has 1 atom stereocenters. The predicted molar refractivity (Wildman–Crippen MR) is 80.5 cm³/mol. The summed E-state index contributed by atoms with van der Waals surface area (Å²) < 4.78 is 13.5. The van der Waals surface area contributed by atoms with E-state index in [-0.39, 0.29) is 5.82 Å². The quantitative estimate of drug-likeness (QED) is 0.901. The number of anilines is 1. The van der Waals surface area contributed by atoms with Crippen molar-refractivity contribution in [2.45, 2.75) is 13.0 Å². The first-order valence-electron chi connectivity index (χ1n) is 7.04. The van der Waals surface area contributed by atoms with Crippen LogP contribution in [0.4, 0.5) is 10.1 Å². The van der Waals surface area contributed by atoms with Crippen LogP contribution >= 0.6 is 0 Å². The molecule has 2 aromatic rings. The zero-order valence-corrected chi connectivity index (χ0v) is 11.6. The maximum atomic E-state index is 13.5. The predicted octanol–water partition coefficient (Wildman–Crippen LogP) is 3.29. The summed E-state index contributed by atoms with van der Waals surface area (Å²) in [6.07, 6.45) is 0. The highest BCUT2D eigenvalue weighted by Crippen LogP contribution is 2.29. The van der Waals surface area contributed by atoms with Gasteiger partial charge < -0.3 is 10.2 Å². The van der Waals surface area contributed by atoms with Gasteiger partial charge in [0.05, 0.1) is 6.04 Å². The lowest BCUT2D eigenvalue weighted by Crippen LogP contribution is -2.46. The Labute approximate surface area is 119 Å². The number of hydrogen-bond acceptors (Lipinski definition) is 2. The Morgan fingerprint density at radius 2 is 1.95 bits per heavy atom. The van der Waals surface area contributed by atoms with E-state index in [1.54, 1.807) is 6.07 Å². The van der Waals surface area contributed by atoms with Crippen LogP contribution in [-0.4, -0.2) is 19.6 Å². The van der Waals surface area contributed by atoms with E-state index in [4.69, 9.17) is 0 Å². The number of benzene rings is 2. The zero-order chi connectivity index (χ0) is 13.9. The lowest BCUT2D eigenvalue weighted by molar-refractivity contribution is 0.489. The Kier molecular flexibility index (Phi) is 3.70. The van der Waals surface area contributed by atoms with Crippen molar-refractivity contribution in [2.24, 2.45) is 0 Å². The van der Waals surface area contributed by atoms with E-state index < -0.39 is 0 Å². The molecule has 1 fully saturated rings. The van der Waals surface area contributed by atoms with Crippen LogP contribution in [0.15, 0.2) is 48.5 Å². The van der Waals surface area contributed by atoms with Gasteiger partial charge in [-0.25, -0.2) is 4.39 Å². The van der Waals surface area contributed by atoms with E-state index >= 15 is 0 Å². The highest BCUT2D eigenvalue weighted by atomic mass is 19.1. The van der Waals surface area contributed by atoms with E-state index in [0.717, 1.165) is 25.3 Å². The van der Waals surface area contributed by atoms with Crippen LogP contribution in [0.2, 0.25) is 0 Å². The van der Waals surface area contributed by atoms with Crippen LogP contribution < -0.4 is 10.2 Å². The standard InChI is InChI=1S/C17H19FN2/c1-13-11-15(7-8-16(13)18)20-10-9-19-12-17(20)14-5-3-2-4-6-14/h2-8,11,17,19H,9-10,12H2,1H3. The van der Waals surface area contributed by atoms with Gasteiger partial charge in [0.25, 0.3) is 0 Å². The minimum Gasteiger partial charge on any atom is -0.362 e. The van der Waals surface area contributed by atoms with Gasteiger partial charge in [0.15, 0.2) is 0 Å². The molecule has 104 valence electrons. The Bertz CT molecular complexity index is 583. The normalized spacial score (nSPS) is 19.1. The number of halogens is 1. The minimum atomic E-state index is -0.139. The van der Waals surface area contributed by atoms with Crippen LogP contribution in [0.1, 0.15) is 17.2 Å². The summed E-state index contributed by atoms with van der Waals surface area (Å²) in [7, 11) is 0. The Hall–Kier alpha value is -1.87. The molecule has 20 heavy (non-hydrogen) atoms. The van der Waals surface area contributed by atoms with Gasteiger partial charge >= 0.3 is 0 Å². The second-order valence-electron chi connectivity index (χ2n) is 5.26. The van der Waals surface area contributed by atoms with Crippen molar-refractivity contribution in [2.75, 3.05) is 24.5 Å². The summed E-state index contributed by atoms with van der Waals surface area (Å²) in [4.78, 5) is 2.36. The van der Waals surface area contributed by atoms with Gasteiger partial charge in [-0.05, 0) is 36.2 Å². The van der Waals surface area contributed by atoms with Crippen molar-refractivity contribution in [1.29, 1.82) is 0 Å². The molecular formula is C17H19FN2. The first kappa shape index (κ1) is 13.1. The number of aryl methyl sites for hydroxylation is 1. The zero-order valence-electron chi connectivity index (χ0n) is 11.6. The molecule has 1 saturated heterocycles. The van der Waals surface area contributed by atoms with Crippen LogP contribution in [0.5, 0.6) is 0 Å². The molecule has 0 saturated carbocycles. The van der Waals surface area contributed by atoms with Gasteiger partial charge in [0.2, 0.25) is 0 Å². The van der Waals surface area contributed by atoms with E-state index in [2.05, 4.69) is 34.5 Å². The van der Waals surface area contributed by atoms with Crippen molar-refractivity contribution in [3.8, 4) is 0 Å². The van der Waals surface area contributed by atoms with Gasteiger partial charge in [-0.15, -0.1) is 0 Å². The van der Waals surface area contributed by atoms with Crippen molar-refractivity contribution in [3.05, 3.63) is 65.5 Å². The summed E-state index contributed by atoms with van der Waals surface area (Å²) >= 11 is 0. The number of piperazine rings is 1. The second-order valence-corrected chi connectivity index (χ2v) is 5.26. The SMILES string of the molecule is Cc1cc(N2CCNCC2c2ccccc2)ccc1F. The van der Waals surface area contributed by atoms with Crippen LogP contribution in [0.3, 0.4) is 0 Å².